The molecule has 0 bridgehead atoms. The molecular weight excluding hydrogens is 478 g/mol. The number of nitrogens with zero attached hydrogens (tertiary/aromatic N) is 2. The van der Waals surface area contributed by atoms with Crippen molar-refractivity contribution in [1.29, 1.82) is 0 Å². The van der Waals surface area contributed by atoms with Crippen molar-refractivity contribution < 1.29 is 23.1 Å². The maximum absolute atomic E-state index is 14.2. The van der Waals surface area contributed by atoms with Crippen LogP contribution >= 0.6 is 11.6 Å². The van der Waals surface area contributed by atoms with Gasteiger partial charge in [0.05, 0.1) is 25.3 Å². The number of anilines is 1. The smallest absolute Gasteiger partial charge is 0.322 e. The molecule has 3 fully saturated rings. The Morgan fingerprint density at radius 1 is 1.29 bits per heavy atom. The van der Waals surface area contributed by atoms with Crippen LogP contribution in [0.3, 0.4) is 0 Å². The molecule has 194 valence electrons. The Morgan fingerprint density at radius 3 is 2.74 bits per heavy atom. The Balaban J connectivity index is 1.29. The summed E-state index contributed by atoms with van der Waals surface area (Å²) in [5.74, 6) is -2.70. The SMILES string of the molecule is CCC(F)(F)C1(CCNCC[C@H]2COC[C@H]3CN(C(=O)Nc4cccc(Cl)c4)[C@@H](C)C(=O)N23)CC1. The van der Waals surface area contributed by atoms with Crippen LogP contribution in [0, 0.1) is 5.41 Å². The zero-order valence-electron chi connectivity index (χ0n) is 20.4. The molecule has 2 aliphatic heterocycles. The van der Waals surface area contributed by atoms with Crippen LogP contribution < -0.4 is 10.6 Å². The van der Waals surface area contributed by atoms with Crippen LogP contribution in [0.15, 0.2) is 24.3 Å². The van der Waals surface area contributed by atoms with E-state index in [4.69, 9.17) is 16.3 Å². The van der Waals surface area contributed by atoms with Gasteiger partial charge < -0.3 is 25.2 Å². The molecule has 7 nitrogen and oxygen atoms in total. The van der Waals surface area contributed by atoms with E-state index in [1.165, 1.54) is 4.90 Å². The third-order valence-corrected chi connectivity index (χ3v) is 7.97. The van der Waals surface area contributed by atoms with Crippen molar-refractivity contribution in [2.24, 2.45) is 5.41 Å². The number of rotatable bonds is 9. The summed E-state index contributed by atoms with van der Waals surface area (Å²) in [6.45, 7) is 5.62. The molecule has 1 saturated carbocycles. The second-order valence-electron chi connectivity index (χ2n) is 9.99. The van der Waals surface area contributed by atoms with E-state index in [1.807, 2.05) is 4.90 Å². The van der Waals surface area contributed by atoms with Gasteiger partial charge in [0.1, 0.15) is 6.04 Å². The van der Waals surface area contributed by atoms with Crippen molar-refractivity contribution in [3.63, 3.8) is 0 Å². The van der Waals surface area contributed by atoms with Gasteiger partial charge in [0.2, 0.25) is 5.91 Å². The number of hydrogen-bond donors (Lipinski definition) is 2. The second-order valence-corrected chi connectivity index (χ2v) is 10.4. The predicted octanol–water partition coefficient (Wildman–Crippen LogP) is 4.37. The summed E-state index contributed by atoms with van der Waals surface area (Å²) in [5.41, 5.74) is -0.264. The van der Waals surface area contributed by atoms with E-state index < -0.39 is 17.4 Å². The molecule has 0 radical (unpaired) electrons. The Kier molecular flexibility index (Phi) is 7.88. The largest absolute Gasteiger partial charge is 0.377 e. The van der Waals surface area contributed by atoms with Crippen LogP contribution in [-0.4, -0.2) is 78.6 Å². The van der Waals surface area contributed by atoms with Gasteiger partial charge in [-0.2, -0.15) is 0 Å². The molecule has 2 heterocycles. The van der Waals surface area contributed by atoms with Gasteiger partial charge in [-0.1, -0.05) is 24.6 Å². The minimum atomic E-state index is -2.60. The molecule has 2 saturated heterocycles. The van der Waals surface area contributed by atoms with Crippen LogP contribution in [0.25, 0.3) is 0 Å². The van der Waals surface area contributed by atoms with Crippen molar-refractivity contribution in [2.45, 2.75) is 70.0 Å². The molecule has 10 heteroatoms. The standard InChI is InChI=1S/C25H35ClF2N4O3/c1-3-25(27,28)24(8-9-24)10-12-29-11-7-20-15-35-16-21-14-31(17(2)22(33)32(20)21)23(34)30-19-6-4-5-18(26)13-19/h4-6,13,17,20-21,29H,3,7-12,14-16H2,1-2H3,(H,30,34)/t17-,20-,21+/m0/s1. The number of halogens is 3. The van der Waals surface area contributed by atoms with Crippen molar-refractivity contribution in [3.05, 3.63) is 29.3 Å². The number of ether oxygens (including phenoxy) is 1. The van der Waals surface area contributed by atoms with E-state index in [0.717, 1.165) is 0 Å². The molecule has 0 spiro atoms. The highest BCUT2D eigenvalue weighted by Gasteiger charge is 2.59. The third kappa shape index (κ3) is 5.57. The minimum Gasteiger partial charge on any atom is -0.377 e. The fraction of sp³-hybridized carbons (Fsp3) is 0.680. The van der Waals surface area contributed by atoms with Crippen LogP contribution in [0.4, 0.5) is 19.3 Å². The maximum Gasteiger partial charge on any atom is 0.322 e. The number of amides is 3. The van der Waals surface area contributed by atoms with Gasteiger partial charge in [0.25, 0.3) is 5.92 Å². The summed E-state index contributed by atoms with van der Waals surface area (Å²) < 4.78 is 34.1. The minimum absolute atomic E-state index is 0.102. The highest BCUT2D eigenvalue weighted by atomic mass is 35.5. The van der Waals surface area contributed by atoms with Crippen molar-refractivity contribution in [1.82, 2.24) is 15.1 Å². The number of morpholine rings is 1. The number of benzene rings is 1. The number of hydrogen-bond acceptors (Lipinski definition) is 4. The molecule has 0 aromatic heterocycles. The molecule has 3 atom stereocenters. The summed E-state index contributed by atoms with van der Waals surface area (Å²) in [6, 6.07) is 5.58. The van der Waals surface area contributed by atoms with Crippen LogP contribution in [0.1, 0.15) is 46.0 Å². The number of nitrogens with one attached hydrogen (secondary N) is 2. The highest BCUT2D eigenvalue weighted by molar-refractivity contribution is 6.30. The lowest BCUT2D eigenvalue weighted by Gasteiger charge is -2.50. The van der Waals surface area contributed by atoms with Crippen molar-refractivity contribution >= 4 is 29.2 Å². The molecule has 3 aliphatic rings. The number of carbonyl (C=O) groups excluding carboxylic acids is 2. The van der Waals surface area contributed by atoms with Gasteiger partial charge in [-0.05, 0) is 63.9 Å². The van der Waals surface area contributed by atoms with Gasteiger partial charge in [0.15, 0.2) is 0 Å². The monoisotopic (exact) mass is 512 g/mol. The first-order chi connectivity index (χ1) is 16.7. The number of alkyl halides is 2. The van der Waals surface area contributed by atoms with Gasteiger partial charge >= 0.3 is 6.03 Å². The molecule has 0 unspecified atom stereocenters. The zero-order chi connectivity index (χ0) is 25.2. The number of piperazine rings is 1. The maximum atomic E-state index is 14.2. The first-order valence-electron chi connectivity index (χ1n) is 12.5. The summed E-state index contributed by atoms with van der Waals surface area (Å²) in [4.78, 5) is 29.6. The van der Waals surface area contributed by atoms with E-state index in [-0.39, 0.29) is 30.4 Å². The second kappa shape index (κ2) is 10.6. The molecular formula is C25H35ClF2N4O3. The van der Waals surface area contributed by atoms with Gasteiger partial charge in [-0.3, -0.25) is 4.79 Å². The van der Waals surface area contributed by atoms with Crippen LogP contribution in [0.5, 0.6) is 0 Å². The summed E-state index contributed by atoms with van der Waals surface area (Å²) in [7, 11) is 0. The summed E-state index contributed by atoms with van der Waals surface area (Å²) in [5, 5.41) is 6.63. The lowest BCUT2D eigenvalue weighted by atomic mass is 9.92. The zero-order valence-corrected chi connectivity index (χ0v) is 21.1. The van der Waals surface area contributed by atoms with E-state index >= 15 is 0 Å². The fourth-order valence-corrected chi connectivity index (χ4v) is 5.51. The molecule has 3 amide bonds. The molecule has 4 rings (SSSR count). The van der Waals surface area contributed by atoms with E-state index in [9.17, 15) is 18.4 Å². The average Bonchev–Trinajstić information content (AvgIpc) is 3.62. The van der Waals surface area contributed by atoms with E-state index in [2.05, 4.69) is 10.6 Å². The molecule has 2 N–H and O–H groups in total. The Morgan fingerprint density at radius 2 is 2.06 bits per heavy atom. The first-order valence-corrected chi connectivity index (χ1v) is 12.9. The number of urea groups is 1. The molecule has 35 heavy (non-hydrogen) atoms. The predicted molar refractivity (Wildman–Crippen MR) is 131 cm³/mol. The highest BCUT2D eigenvalue weighted by Crippen LogP contribution is 2.60. The quantitative estimate of drug-likeness (QED) is 0.482. The molecule has 1 aromatic rings. The average molecular weight is 513 g/mol. The van der Waals surface area contributed by atoms with Gasteiger partial charge in [0, 0.05) is 29.1 Å². The van der Waals surface area contributed by atoms with Crippen LogP contribution in [0.2, 0.25) is 5.02 Å². The van der Waals surface area contributed by atoms with Gasteiger partial charge in [-0.25, -0.2) is 13.6 Å². The van der Waals surface area contributed by atoms with Crippen molar-refractivity contribution in [2.75, 3.05) is 38.2 Å². The number of carbonyl (C=O) groups is 2. The topological polar surface area (TPSA) is 73.9 Å². The van der Waals surface area contributed by atoms with E-state index in [0.29, 0.717) is 69.2 Å². The summed E-state index contributed by atoms with van der Waals surface area (Å²) in [6.07, 6.45) is 2.20. The number of fused-ring (bicyclic) bond motifs is 1. The Labute approximate surface area is 210 Å². The Bertz CT molecular complexity index is 930. The lowest BCUT2D eigenvalue weighted by Crippen LogP contribution is -2.68. The summed E-state index contributed by atoms with van der Waals surface area (Å²) >= 11 is 6.01. The molecule has 1 aromatic carbocycles. The van der Waals surface area contributed by atoms with Crippen molar-refractivity contribution in [3.8, 4) is 0 Å². The third-order valence-electron chi connectivity index (χ3n) is 7.74. The van der Waals surface area contributed by atoms with Gasteiger partial charge in [-0.15, -0.1) is 0 Å². The van der Waals surface area contributed by atoms with E-state index in [1.54, 1.807) is 38.1 Å². The Hall–Kier alpha value is -1.97. The molecule has 1 aliphatic carbocycles. The lowest BCUT2D eigenvalue weighted by molar-refractivity contribution is -0.159. The normalized spacial score (nSPS) is 25.9. The fourth-order valence-electron chi connectivity index (χ4n) is 5.32. The first kappa shape index (κ1) is 26.1. The van der Waals surface area contributed by atoms with Crippen LogP contribution in [-0.2, 0) is 9.53 Å².